The highest BCUT2D eigenvalue weighted by molar-refractivity contribution is 7.15. The van der Waals surface area contributed by atoms with Crippen molar-refractivity contribution in [1.82, 2.24) is 15.0 Å². The number of nitrogens with two attached hydrogens (primary N) is 1. The number of benzene rings is 1. The molecule has 1 amide bonds. The number of para-hydroxylation sites is 1. The summed E-state index contributed by atoms with van der Waals surface area (Å²) in [5.41, 5.74) is 8.84. The molecule has 0 saturated heterocycles. The average molecular weight is 325 g/mol. The molecule has 7 heteroatoms. The number of hydrogen-bond acceptors (Lipinski definition) is 6. The average Bonchev–Trinajstić information content (AvgIpc) is 2.95. The molecular formula is C16H15N5OS. The number of carbonyl (C=O) groups is 1. The normalized spacial score (nSPS) is 17.0. The quantitative estimate of drug-likeness (QED) is 0.753. The van der Waals surface area contributed by atoms with Gasteiger partial charge in [0.25, 0.3) is 5.91 Å². The summed E-state index contributed by atoms with van der Waals surface area (Å²) in [5, 5.41) is 3.50. The van der Waals surface area contributed by atoms with Gasteiger partial charge in [0.15, 0.2) is 5.13 Å². The number of aromatic nitrogens is 3. The summed E-state index contributed by atoms with van der Waals surface area (Å²) >= 11 is 1.51. The van der Waals surface area contributed by atoms with Crippen molar-refractivity contribution in [3.63, 3.8) is 0 Å². The van der Waals surface area contributed by atoms with Crippen LogP contribution in [0.4, 0.5) is 5.13 Å². The van der Waals surface area contributed by atoms with E-state index in [1.165, 1.54) is 16.2 Å². The Morgan fingerprint density at radius 1 is 1.30 bits per heavy atom. The number of nitrogens with one attached hydrogen (secondary N) is 1. The molecule has 2 aromatic heterocycles. The van der Waals surface area contributed by atoms with Gasteiger partial charge in [0, 0.05) is 23.3 Å². The largest absolute Gasteiger partial charge is 0.327 e. The van der Waals surface area contributed by atoms with Crippen LogP contribution >= 0.6 is 11.3 Å². The van der Waals surface area contributed by atoms with Crippen LogP contribution in [0.1, 0.15) is 27.3 Å². The Kier molecular flexibility index (Phi) is 3.51. The second kappa shape index (κ2) is 5.68. The molecule has 1 aliphatic rings. The van der Waals surface area contributed by atoms with E-state index < -0.39 is 0 Å². The predicted molar refractivity (Wildman–Crippen MR) is 89.6 cm³/mol. The Morgan fingerprint density at radius 3 is 3.09 bits per heavy atom. The summed E-state index contributed by atoms with van der Waals surface area (Å²) in [6.45, 7) is 0. The van der Waals surface area contributed by atoms with E-state index in [2.05, 4.69) is 20.3 Å². The molecule has 0 aliphatic heterocycles. The summed E-state index contributed by atoms with van der Waals surface area (Å²) in [4.78, 5) is 26.8. The van der Waals surface area contributed by atoms with Crippen LogP contribution in [0.5, 0.6) is 0 Å². The molecule has 4 rings (SSSR count). The monoisotopic (exact) mass is 325 g/mol. The van der Waals surface area contributed by atoms with Crippen molar-refractivity contribution in [2.45, 2.75) is 25.3 Å². The highest BCUT2D eigenvalue weighted by Crippen LogP contribution is 2.29. The van der Waals surface area contributed by atoms with Crippen LogP contribution < -0.4 is 11.1 Å². The zero-order valence-corrected chi connectivity index (χ0v) is 13.1. The molecular weight excluding hydrogens is 310 g/mol. The van der Waals surface area contributed by atoms with Gasteiger partial charge in [0.05, 0.1) is 16.8 Å². The first-order chi connectivity index (χ1) is 11.2. The fourth-order valence-corrected chi connectivity index (χ4v) is 3.89. The third-order valence-electron chi connectivity index (χ3n) is 3.94. The Morgan fingerprint density at radius 2 is 2.17 bits per heavy atom. The predicted octanol–water partition coefficient (Wildman–Crippen LogP) is 2.15. The van der Waals surface area contributed by atoms with E-state index in [9.17, 15) is 4.79 Å². The number of hydrogen-bond donors (Lipinski definition) is 2. The maximum atomic E-state index is 12.6. The zero-order valence-electron chi connectivity index (χ0n) is 12.3. The molecule has 1 aliphatic carbocycles. The molecule has 116 valence electrons. The molecule has 0 saturated carbocycles. The molecule has 2 heterocycles. The van der Waals surface area contributed by atoms with Gasteiger partial charge in [0.2, 0.25) is 0 Å². The lowest BCUT2D eigenvalue weighted by Crippen LogP contribution is -2.27. The Labute approximate surface area is 136 Å². The topological polar surface area (TPSA) is 93.8 Å². The number of anilines is 1. The summed E-state index contributed by atoms with van der Waals surface area (Å²) in [7, 11) is 0. The van der Waals surface area contributed by atoms with Crippen LogP contribution in [0.3, 0.4) is 0 Å². The number of amides is 1. The SMILES string of the molecule is N[C@H]1CCc2nc(NC(=O)c3cccc4nccnc34)sc2C1. The van der Waals surface area contributed by atoms with Gasteiger partial charge in [-0.3, -0.25) is 20.1 Å². The number of thiazole rings is 1. The van der Waals surface area contributed by atoms with E-state index in [4.69, 9.17) is 5.73 Å². The first kappa shape index (κ1) is 14.2. The lowest BCUT2D eigenvalue weighted by Gasteiger charge is -2.15. The van der Waals surface area contributed by atoms with Gasteiger partial charge in [0.1, 0.15) is 5.52 Å². The molecule has 3 aromatic rings. The summed E-state index contributed by atoms with van der Waals surface area (Å²) in [5.74, 6) is -0.216. The molecule has 3 N–H and O–H groups in total. The smallest absolute Gasteiger partial charge is 0.259 e. The zero-order chi connectivity index (χ0) is 15.8. The highest BCUT2D eigenvalue weighted by Gasteiger charge is 2.21. The first-order valence-corrected chi connectivity index (χ1v) is 8.27. The number of carbonyl (C=O) groups excluding carboxylic acids is 1. The Bertz CT molecular complexity index is 886. The number of rotatable bonds is 2. The lowest BCUT2D eigenvalue weighted by atomic mass is 9.99. The Balaban J connectivity index is 1.63. The van der Waals surface area contributed by atoms with Crippen LogP contribution in [-0.4, -0.2) is 26.9 Å². The molecule has 0 fully saturated rings. The molecule has 0 radical (unpaired) electrons. The minimum atomic E-state index is -0.216. The van der Waals surface area contributed by atoms with E-state index in [0.717, 1.165) is 25.0 Å². The lowest BCUT2D eigenvalue weighted by molar-refractivity contribution is 0.102. The van der Waals surface area contributed by atoms with Crippen molar-refractivity contribution in [2.75, 3.05) is 5.32 Å². The third-order valence-corrected chi connectivity index (χ3v) is 4.98. The Hall–Kier alpha value is -2.38. The van der Waals surface area contributed by atoms with Gasteiger partial charge in [-0.25, -0.2) is 4.98 Å². The van der Waals surface area contributed by atoms with Crippen LogP contribution in [0.25, 0.3) is 11.0 Å². The number of nitrogens with zero attached hydrogens (tertiary/aromatic N) is 3. The standard InChI is InChI=1S/C16H15N5OS/c17-9-4-5-11-13(8-9)23-16(20-11)21-15(22)10-2-1-3-12-14(10)19-7-6-18-12/h1-3,6-7,9H,4-5,8,17H2,(H,20,21,22)/t9-/m0/s1. The molecule has 23 heavy (non-hydrogen) atoms. The molecule has 6 nitrogen and oxygen atoms in total. The first-order valence-electron chi connectivity index (χ1n) is 7.46. The van der Waals surface area contributed by atoms with Gasteiger partial charge in [-0.2, -0.15) is 0 Å². The highest BCUT2D eigenvalue weighted by atomic mass is 32.1. The summed E-state index contributed by atoms with van der Waals surface area (Å²) in [6.07, 6.45) is 5.86. The van der Waals surface area contributed by atoms with Crippen LogP contribution in [0.2, 0.25) is 0 Å². The molecule has 0 bridgehead atoms. The molecule has 1 atom stereocenters. The molecule has 0 unspecified atom stereocenters. The maximum absolute atomic E-state index is 12.6. The van der Waals surface area contributed by atoms with Crippen LogP contribution in [0.15, 0.2) is 30.6 Å². The fraction of sp³-hybridized carbons (Fsp3) is 0.250. The van der Waals surface area contributed by atoms with Crippen molar-refractivity contribution in [2.24, 2.45) is 5.73 Å². The maximum Gasteiger partial charge on any atom is 0.259 e. The van der Waals surface area contributed by atoms with E-state index in [0.29, 0.717) is 21.7 Å². The van der Waals surface area contributed by atoms with E-state index in [1.54, 1.807) is 24.5 Å². The fourth-order valence-electron chi connectivity index (χ4n) is 2.79. The third kappa shape index (κ3) is 2.69. The van der Waals surface area contributed by atoms with E-state index in [-0.39, 0.29) is 11.9 Å². The van der Waals surface area contributed by atoms with Gasteiger partial charge in [-0.1, -0.05) is 6.07 Å². The van der Waals surface area contributed by atoms with Gasteiger partial charge < -0.3 is 5.73 Å². The van der Waals surface area contributed by atoms with Gasteiger partial charge in [-0.05, 0) is 31.4 Å². The van der Waals surface area contributed by atoms with Gasteiger partial charge >= 0.3 is 0 Å². The number of fused-ring (bicyclic) bond motifs is 2. The van der Waals surface area contributed by atoms with E-state index >= 15 is 0 Å². The van der Waals surface area contributed by atoms with Crippen molar-refractivity contribution in [1.29, 1.82) is 0 Å². The van der Waals surface area contributed by atoms with Crippen molar-refractivity contribution < 1.29 is 4.79 Å². The van der Waals surface area contributed by atoms with Gasteiger partial charge in [-0.15, -0.1) is 11.3 Å². The molecule has 1 aromatic carbocycles. The van der Waals surface area contributed by atoms with Crippen molar-refractivity contribution in [3.8, 4) is 0 Å². The second-order valence-corrected chi connectivity index (χ2v) is 6.66. The minimum absolute atomic E-state index is 0.194. The number of aryl methyl sites for hydroxylation is 1. The van der Waals surface area contributed by atoms with E-state index in [1.807, 2.05) is 6.07 Å². The van der Waals surface area contributed by atoms with Crippen LogP contribution in [-0.2, 0) is 12.8 Å². The summed E-state index contributed by atoms with van der Waals surface area (Å²) < 4.78 is 0. The van der Waals surface area contributed by atoms with Crippen molar-refractivity contribution in [3.05, 3.63) is 46.7 Å². The molecule has 0 spiro atoms. The second-order valence-electron chi connectivity index (χ2n) is 5.58. The van der Waals surface area contributed by atoms with Crippen molar-refractivity contribution >= 4 is 33.4 Å². The minimum Gasteiger partial charge on any atom is -0.327 e. The van der Waals surface area contributed by atoms with Crippen LogP contribution in [0, 0.1) is 0 Å². The summed E-state index contributed by atoms with van der Waals surface area (Å²) in [6, 6.07) is 5.58.